The SMILES string of the molecule is CCCN(C(=O)CCn1c(C)c(C)sc1=O)C1CCNCC1. The van der Waals surface area contributed by atoms with E-state index in [1.165, 1.54) is 11.3 Å². The van der Waals surface area contributed by atoms with Crippen molar-refractivity contribution in [2.24, 2.45) is 0 Å². The molecule has 2 rings (SSSR count). The summed E-state index contributed by atoms with van der Waals surface area (Å²) in [6.45, 7) is 9.31. The van der Waals surface area contributed by atoms with Gasteiger partial charge in [-0.1, -0.05) is 18.3 Å². The molecule has 22 heavy (non-hydrogen) atoms. The summed E-state index contributed by atoms with van der Waals surface area (Å²) >= 11 is 1.27. The number of hydrogen-bond donors (Lipinski definition) is 1. The first-order valence-electron chi connectivity index (χ1n) is 8.21. The molecule has 1 N–H and O–H groups in total. The maximum Gasteiger partial charge on any atom is 0.307 e. The number of piperidine rings is 1. The van der Waals surface area contributed by atoms with Crippen LogP contribution < -0.4 is 10.2 Å². The van der Waals surface area contributed by atoms with Crippen molar-refractivity contribution in [2.45, 2.75) is 59.0 Å². The van der Waals surface area contributed by atoms with Gasteiger partial charge in [-0.05, 0) is 46.2 Å². The van der Waals surface area contributed by atoms with Crippen molar-refractivity contribution in [1.29, 1.82) is 0 Å². The predicted molar refractivity (Wildman–Crippen MR) is 90.6 cm³/mol. The van der Waals surface area contributed by atoms with Crippen LogP contribution in [0, 0.1) is 13.8 Å². The minimum absolute atomic E-state index is 0.0479. The molecule has 5 nitrogen and oxygen atoms in total. The fourth-order valence-electron chi connectivity index (χ4n) is 3.07. The fourth-order valence-corrected chi connectivity index (χ4v) is 3.93. The van der Waals surface area contributed by atoms with Crippen LogP contribution in [0.25, 0.3) is 0 Å². The van der Waals surface area contributed by atoms with Crippen molar-refractivity contribution in [3.05, 3.63) is 20.2 Å². The largest absolute Gasteiger partial charge is 0.340 e. The average Bonchev–Trinajstić information content (AvgIpc) is 2.76. The fraction of sp³-hybridized carbons (Fsp3) is 0.750. The smallest absolute Gasteiger partial charge is 0.307 e. The molecule has 0 aliphatic carbocycles. The Bertz CT molecular complexity index is 558. The highest BCUT2D eigenvalue weighted by Gasteiger charge is 2.24. The van der Waals surface area contributed by atoms with E-state index in [0.717, 1.165) is 49.5 Å². The third-order valence-corrected chi connectivity index (χ3v) is 5.46. The first-order valence-corrected chi connectivity index (χ1v) is 9.03. The number of aromatic nitrogens is 1. The van der Waals surface area contributed by atoms with Crippen LogP contribution in [0.4, 0.5) is 0 Å². The van der Waals surface area contributed by atoms with E-state index in [4.69, 9.17) is 0 Å². The molecule has 0 bridgehead atoms. The molecule has 1 saturated heterocycles. The van der Waals surface area contributed by atoms with Gasteiger partial charge >= 0.3 is 4.87 Å². The van der Waals surface area contributed by atoms with E-state index in [9.17, 15) is 9.59 Å². The number of carbonyl (C=O) groups excluding carboxylic acids is 1. The highest BCUT2D eigenvalue weighted by atomic mass is 32.1. The Morgan fingerprint density at radius 3 is 2.59 bits per heavy atom. The summed E-state index contributed by atoms with van der Waals surface area (Å²) in [5.41, 5.74) is 0.992. The van der Waals surface area contributed by atoms with E-state index in [2.05, 4.69) is 12.2 Å². The zero-order valence-corrected chi connectivity index (χ0v) is 14.7. The lowest BCUT2D eigenvalue weighted by atomic mass is 10.0. The highest BCUT2D eigenvalue weighted by Crippen LogP contribution is 2.15. The molecule has 2 heterocycles. The summed E-state index contributed by atoms with van der Waals surface area (Å²) in [7, 11) is 0. The summed E-state index contributed by atoms with van der Waals surface area (Å²) < 4.78 is 1.74. The third kappa shape index (κ3) is 3.98. The van der Waals surface area contributed by atoms with Gasteiger partial charge in [-0.2, -0.15) is 0 Å². The number of nitrogens with one attached hydrogen (secondary N) is 1. The predicted octanol–water partition coefficient (Wildman–Crippen LogP) is 1.91. The molecule has 0 unspecified atom stereocenters. The molecule has 1 aliphatic heterocycles. The zero-order chi connectivity index (χ0) is 16.1. The van der Waals surface area contributed by atoms with Gasteiger partial charge in [-0.25, -0.2) is 0 Å². The number of amides is 1. The number of thiazole rings is 1. The van der Waals surface area contributed by atoms with Crippen LogP contribution in [0.5, 0.6) is 0 Å². The second-order valence-corrected chi connectivity index (χ2v) is 7.15. The molecule has 0 saturated carbocycles. The summed E-state index contributed by atoms with van der Waals surface area (Å²) in [4.78, 5) is 27.7. The van der Waals surface area contributed by atoms with Crippen LogP contribution >= 0.6 is 11.3 Å². The molecule has 6 heteroatoms. The summed E-state index contributed by atoms with van der Waals surface area (Å²) in [6.07, 6.45) is 3.46. The van der Waals surface area contributed by atoms with E-state index in [1.54, 1.807) is 4.57 Å². The molecule has 1 aromatic heterocycles. The Morgan fingerprint density at radius 2 is 2.05 bits per heavy atom. The second kappa shape index (κ2) is 7.92. The molecular formula is C16H27N3O2S. The van der Waals surface area contributed by atoms with Crippen LogP contribution in [0.1, 0.15) is 43.2 Å². The number of carbonyl (C=O) groups is 1. The lowest BCUT2D eigenvalue weighted by Gasteiger charge is -2.34. The maximum absolute atomic E-state index is 12.6. The molecule has 0 radical (unpaired) electrons. The number of aryl methyl sites for hydroxylation is 1. The molecule has 0 aromatic carbocycles. The van der Waals surface area contributed by atoms with Crippen molar-refractivity contribution < 1.29 is 4.79 Å². The Kier molecular flexibility index (Phi) is 6.20. The van der Waals surface area contributed by atoms with Gasteiger partial charge < -0.3 is 14.8 Å². The Balaban J connectivity index is 2.00. The van der Waals surface area contributed by atoms with Gasteiger partial charge in [-0.3, -0.25) is 9.59 Å². The third-order valence-electron chi connectivity index (χ3n) is 4.46. The summed E-state index contributed by atoms with van der Waals surface area (Å²) in [5, 5.41) is 3.34. The molecule has 0 spiro atoms. The van der Waals surface area contributed by atoms with E-state index in [0.29, 0.717) is 19.0 Å². The Morgan fingerprint density at radius 1 is 1.36 bits per heavy atom. The standard InChI is InChI=1S/C16H27N3O2S/c1-4-10-19(14-5-8-17-9-6-14)15(20)7-11-18-12(2)13(3)22-16(18)21/h14,17H,4-11H2,1-3H3. The van der Waals surface area contributed by atoms with E-state index >= 15 is 0 Å². The minimum Gasteiger partial charge on any atom is -0.340 e. The number of rotatable bonds is 6. The van der Waals surface area contributed by atoms with Crippen molar-refractivity contribution >= 4 is 17.2 Å². The van der Waals surface area contributed by atoms with Gasteiger partial charge in [0.05, 0.1) is 0 Å². The minimum atomic E-state index is 0.0479. The monoisotopic (exact) mass is 325 g/mol. The summed E-state index contributed by atoms with van der Waals surface area (Å²) in [5.74, 6) is 0.184. The van der Waals surface area contributed by atoms with E-state index in [1.807, 2.05) is 18.7 Å². The second-order valence-electron chi connectivity index (χ2n) is 5.98. The number of hydrogen-bond acceptors (Lipinski definition) is 4. The van der Waals surface area contributed by atoms with Gasteiger partial charge in [-0.15, -0.1) is 0 Å². The number of nitrogens with zero attached hydrogens (tertiary/aromatic N) is 2. The lowest BCUT2D eigenvalue weighted by Crippen LogP contribution is -2.46. The Labute approximate surface area is 136 Å². The highest BCUT2D eigenvalue weighted by molar-refractivity contribution is 7.09. The zero-order valence-electron chi connectivity index (χ0n) is 13.9. The van der Waals surface area contributed by atoms with Crippen LogP contribution in [-0.4, -0.2) is 41.1 Å². The van der Waals surface area contributed by atoms with Crippen LogP contribution in [0.15, 0.2) is 4.79 Å². The van der Waals surface area contributed by atoms with Gasteiger partial charge in [0, 0.05) is 36.1 Å². The first-order chi connectivity index (χ1) is 10.5. The molecule has 1 amide bonds. The quantitative estimate of drug-likeness (QED) is 0.869. The van der Waals surface area contributed by atoms with Crippen molar-refractivity contribution in [1.82, 2.24) is 14.8 Å². The topological polar surface area (TPSA) is 54.3 Å². The van der Waals surface area contributed by atoms with Crippen LogP contribution in [-0.2, 0) is 11.3 Å². The van der Waals surface area contributed by atoms with Crippen molar-refractivity contribution in [3.8, 4) is 0 Å². The molecule has 1 fully saturated rings. The van der Waals surface area contributed by atoms with E-state index < -0.39 is 0 Å². The van der Waals surface area contributed by atoms with Gasteiger partial charge in [0.15, 0.2) is 0 Å². The molecule has 0 atom stereocenters. The van der Waals surface area contributed by atoms with Gasteiger partial charge in [0.25, 0.3) is 0 Å². The molecular weight excluding hydrogens is 298 g/mol. The van der Waals surface area contributed by atoms with Gasteiger partial charge in [0.1, 0.15) is 0 Å². The van der Waals surface area contributed by atoms with Gasteiger partial charge in [0.2, 0.25) is 5.91 Å². The molecule has 124 valence electrons. The molecule has 1 aromatic rings. The molecule has 1 aliphatic rings. The van der Waals surface area contributed by atoms with Crippen LogP contribution in [0.3, 0.4) is 0 Å². The van der Waals surface area contributed by atoms with E-state index in [-0.39, 0.29) is 10.8 Å². The van der Waals surface area contributed by atoms with Crippen LogP contribution in [0.2, 0.25) is 0 Å². The average molecular weight is 325 g/mol. The normalized spacial score (nSPS) is 16.0. The van der Waals surface area contributed by atoms with Crippen molar-refractivity contribution in [3.63, 3.8) is 0 Å². The summed E-state index contributed by atoms with van der Waals surface area (Å²) in [6, 6.07) is 0.357. The van der Waals surface area contributed by atoms with Crippen molar-refractivity contribution in [2.75, 3.05) is 19.6 Å². The first kappa shape index (κ1) is 17.2. The Hall–Kier alpha value is -1.14. The lowest BCUT2D eigenvalue weighted by molar-refractivity contribution is -0.134. The maximum atomic E-state index is 12.6.